The molecule has 0 heterocycles. The van der Waals surface area contributed by atoms with Crippen LogP contribution in [0.25, 0.3) is 39.0 Å². The van der Waals surface area contributed by atoms with E-state index in [-0.39, 0.29) is 5.41 Å². The molecule has 0 fully saturated rings. The molecule has 0 amide bonds. The topological polar surface area (TPSA) is 3.24 Å². The zero-order valence-electron chi connectivity index (χ0n) is 32.7. The second kappa shape index (κ2) is 15.2. The van der Waals surface area contributed by atoms with Crippen molar-refractivity contribution in [2.45, 2.75) is 31.1 Å². The minimum Gasteiger partial charge on any atom is -0.311 e. The Kier molecular flexibility index (Phi) is 9.28. The molecule has 1 spiro atoms. The van der Waals surface area contributed by atoms with Gasteiger partial charge in [-0.05, 0) is 128 Å². The first-order valence-electron chi connectivity index (χ1n) is 20.6. The normalized spacial score (nSPS) is 14.7. The molecule has 0 aliphatic heterocycles. The molecule has 58 heavy (non-hydrogen) atoms. The van der Waals surface area contributed by atoms with Gasteiger partial charge in [0.2, 0.25) is 0 Å². The van der Waals surface area contributed by atoms with E-state index in [0.717, 1.165) is 42.8 Å². The van der Waals surface area contributed by atoms with Crippen molar-refractivity contribution in [3.63, 3.8) is 0 Å². The average molecular weight is 744 g/mol. The highest BCUT2D eigenvalue weighted by atomic mass is 15.1. The van der Waals surface area contributed by atoms with Gasteiger partial charge in [-0.25, -0.2) is 0 Å². The summed E-state index contributed by atoms with van der Waals surface area (Å²) in [7, 11) is 0. The van der Waals surface area contributed by atoms with Crippen molar-refractivity contribution in [1.29, 1.82) is 0 Å². The summed E-state index contributed by atoms with van der Waals surface area (Å²) in [5.74, 6) is 0. The largest absolute Gasteiger partial charge is 0.311 e. The lowest BCUT2D eigenvalue weighted by atomic mass is 9.68. The van der Waals surface area contributed by atoms with Gasteiger partial charge in [0, 0.05) is 17.1 Å². The molecule has 0 atom stereocenters. The summed E-state index contributed by atoms with van der Waals surface area (Å²) in [5.41, 5.74) is 20.5. The van der Waals surface area contributed by atoms with Crippen LogP contribution < -0.4 is 4.90 Å². The van der Waals surface area contributed by atoms with Crippen LogP contribution in [0.1, 0.15) is 47.1 Å². The minimum absolute atomic E-state index is 0.280. The molecule has 0 N–H and O–H groups in total. The standard InChI is InChI=1S/C57H45N/c1-2-3-23-45(24-16-20-41-18-6-4-7-19-41)58(46-37-33-43(34-38-46)42-21-8-5-9-22-42)47-39-35-44(36-40-47)48-28-17-32-55-56(48)51-27-12-15-31-54(51)57(55)52-29-13-10-25-49(52)50-26-11-14-30-53(50)57/h2,4-14,16-19,21-30,32-40H,1,3,15,20,31H2/b24-16-,45-23+. The molecule has 7 aromatic carbocycles. The number of rotatable bonds is 10. The van der Waals surface area contributed by atoms with E-state index < -0.39 is 0 Å². The number of fused-ring (bicyclic) bond motifs is 9. The second-order valence-corrected chi connectivity index (χ2v) is 15.4. The fourth-order valence-corrected chi connectivity index (χ4v) is 9.73. The highest BCUT2D eigenvalue weighted by Gasteiger charge is 2.52. The SMILES string of the molecule is C=CC/C=C(\C=C/Cc1ccccc1)N(c1ccc(-c2ccccc2)cc1)c1ccc(-c2cccc3c2C2=C(CCC=C2)C32c3ccccc3-c3ccccc32)cc1. The maximum Gasteiger partial charge on any atom is 0.0688 e. The van der Waals surface area contributed by atoms with Crippen LogP contribution in [0.2, 0.25) is 0 Å². The highest BCUT2D eigenvalue weighted by Crippen LogP contribution is 2.64. The molecule has 0 bridgehead atoms. The van der Waals surface area contributed by atoms with Crippen LogP contribution in [0.3, 0.4) is 0 Å². The highest BCUT2D eigenvalue weighted by molar-refractivity contribution is 6.01. The first-order valence-corrected chi connectivity index (χ1v) is 20.6. The summed E-state index contributed by atoms with van der Waals surface area (Å²) in [6.07, 6.45) is 17.3. The summed E-state index contributed by atoms with van der Waals surface area (Å²) in [6, 6.07) is 64.7. The molecule has 0 unspecified atom stereocenters. The zero-order valence-corrected chi connectivity index (χ0v) is 32.7. The number of hydrogen-bond donors (Lipinski definition) is 0. The molecule has 10 rings (SSSR count). The predicted octanol–water partition coefficient (Wildman–Crippen LogP) is 14.8. The van der Waals surface area contributed by atoms with E-state index >= 15 is 0 Å². The monoisotopic (exact) mass is 743 g/mol. The van der Waals surface area contributed by atoms with Gasteiger partial charge in [0.15, 0.2) is 0 Å². The fourth-order valence-electron chi connectivity index (χ4n) is 9.73. The van der Waals surface area contributed by atoms with Crippen LogP contribution in [-0.2, 0) is 11.8 Å². The van der Waals surface area contributed by atoms with E-state index in [2.05, 4.69) is 218 Å². The molecular formula is C57H45N. The van der Waals surface area contributed by atoms with Gasteiger partial charge in [-0.15, -0.1) is 6.58 Å². The third kappa shape index (κ3) is 5.94. The number of allylic oxidation sites excluding steroid dienone is 8. The van der Waals surface area contributed by atoms with Gasteiger partial charge in [-0.3, -0.25) is 0 Å². The summed E-state index contributed by atoms with van der Waals surface area (Å²) in [6.45, 7) is 4.07. The van der Waals surface area contributed by atoms with Gasteiger partial charge in [0.25, 0.3) is 0 Å². The number of anilines is 2. The second-order valence-electron chi connectivity index (χ2n) is 15.4. The van der Waals surface area contributed by atoms with Crippen LogP contribution >= 0.6 is 0 Å². The van der Waals surface area contributed by atoms with Crippen LogP contribution in [0.4, 0.5) is 11.4 Å². The third-order valence-corrected chi connectivity index (χ3v) is 12.2. The smallest absolute Gasteiger partial charge is 0.0688 e. The molecule has 3 aliphatic rings. The van der Waals surface area contributed by atoms with E-state index in [4.69, 9.17) is 0 Å². The maximum absolute atomic E-state index is 4.07. The molecule has 3 aliphatic carbocycles. The molecule has 1 heteroatoms. The van der Waals surface area contributed by atoms with Crippen LogP contribution in [0.5, 0.6) is 0 Å². The summed E-state index contributed by atoms with van der Waals surface area (Å²) >= 11 is 0. The summed E-state index contributed by atoms with van der Waals surface area (Å²) < 4.78 is 0. The van der Waals surface area contributed by atoms with Crippen molar-refractivity contribution in [3.8, 4) is 33.4 Å². The van der Waals surface area contributed by atoms with Crippen molar-refractivity contribution >= 4 is 16.9 Å². The van der Waals surface area contributed by atoms with Crippen LogP contribution in [0, 0.1) is 0 Å². The molecule has 0 radical (unpaired) electrons. The van der Waals surface area contributed by atoms with Gasteiger partial charge in [-0.1, -0.05) is 182 Å². The van der Waals surface area contributed by atoms with Crippen molar-refractivity contribution in [1.82, 2.24) is 0 Å². The van der Waals surface area contributed by atoms with Gasteiger partial charge >= 0.3 is 0 Å². The Bertz CT molecular complexity index is 2710. The Hall–Kier alpha value is -6.96. The lowest BCUT2D eigenvalue weighted by molar-refractivity contribution is 0.714. The predicted molar refractivity (Wildman–Crippen MR) is 245 cm³/mol. The molecule has 0 aromatic heterocycles. The van der Waals surface area contributed by atoms with E-state index in [1.54, 1.807) is 0 Å². The fraction of sp³-hybridized carbons (Fsp3) is 0.0877. The molecule has 1 nitrogen and oxygen atoms in total. The minimum atomic E-state index is -0.280. The van der Waals surface area contributed by atoms with Gasteiger partial charge in [-0.2, -0.15) is 0 Å². The number of nitrogens with zero attached hydrogens (tertiary/aromatic N) is 1. The maximum atomic E-state index is 4.07. The lowest BCUT2D eigenvalue weighted by Gasteiger charge is -2.33. The van der Waals surface area contributed by atoms with Gasteiger partial charge in [0.05, 0.1) is 5.41 Å². The first-order chi connectivity index (χ1) is 28.8. The quantitative estimate of drug-likeness (QED) is 0.0996. The van der Waals surface area contributed by atoms with Crippen LogP contribution in [-0.4, -0.2) is 0 Å². The first kappa shape index (κ1) is 35.5. The number of benzene rings is 7. The molecular weight excluding hydrogens is 699 g/mol. The third-order valence-electron chi connectivity index (χ3n) is 12.2. The molecule has 0 saturated heterocycles. The van der Waals surface area contributed by atoms with Crippen molar-refractivity contribution < 1.29 is 0 Å². The van der Waals surface area contributed by atoms with E-state index in [0.29, 0.717) is 0 Å². The van der Waals surface area contributed by atoms with Crippen molar-refractivity contribution in [3.05, 3.63) is 258 Å². The molecule has 7 aromatic rings. The van der Waals surface area contributed by atoms with Crippen molar-refractivity contribution in [2.75, 3.05) is 4.90 Å². The van der Waals surface area contributed by atoms with Gasteiger partial charge in [0.1, 0.15) is 0 Å². The Morgan fingerprint density at radius 3 is 1.81 bits per heavy atom. The number of hydrogen-bond acceptors (Lipinski definition) is 1. The Labute approximate surface area is 343 Å². The summed E-state index contributed by atoms with van der Waals surface area (Å²) in [4.78, 5) is 2.38. The van der Waals surface area contributed by atoms with Crippen LogP contribution in [0.15, 0.2) is 230 Å². The average Bonchev–Trinajstić information content (AvgIpc) is 3.77. The van der Waals surface area contributed by atoms with Crippen molar-refractivity contribution in [2.24, 2.45) is 0 Å². The Morgan fingerprint density at radius 1 is 0.569 bits per heavy atom. The van der Waals surface area contributed by atoms with E-state index in [1.807, 2.05) is 6.08 Å². The van der Waals surface area contributed by atoms with E-state index in [1.165, 1.54) is 72.3 Å². The summed E-state index contributed by atoms with van der Waals surface area (Å²) in [5, 5.41) is 0. The Balaban J connectivity index is 1.08. The molecule has 0 saturated carbocycles. The van der Waals surface area contributed by atoms with E-state index in [9.17, 15) is 0 Å². The molecule has 278 valence electrons. The Morgan fingerprint density at radius 2 is 1.14 bits per heavy atom. The van der Waals surface area contributed by atoms with Gasteiger partial charge < -0.3 is 4.90 Å². The zero-order chi connectivity index (χ0) is 38.9. The lowest BCUT2D eigenvalue weighted by Crippen LogP contribution is -2.27.